The summed E-state index contributed by atoms with van der Waals surface area (Å²) < 4.78 is 30.3. The molecule has 0 amide bonds. The molecule has 1 rings (SSSR count). The van der Waals surface area contributed by atoms with Crippen molar-refractivity contribution in [3.8, 4) is 0 Å². The van der Waals surface area contributed by atoms with Crippen LogP contribution in [0.25, 0.3) is 0 Å². The third-order valence-electron chi connectivity index (χ3n) is 1.89. The summed E-state index contributed by atoms with van der Waals surface area (Å²) in [5.74, 6) is -2.60. The van der Waals surface area contributed by atoms with Crippen LogP contribution in [0, 0.1) is 11.6 Å². The van der Waals surface area contributed by atoms with Crippen LogP contribution in [0.1, 0.15) is 5.56 Å². The molecular formula is C10H9ClF2O2. The van der Waals surface area contributed by atoms with E-state index in [9.17, 15) is 13.6 Å². The Kier molecular flexibility index (Phi) is 4.03. The van der Waals surface area contributed by atoms with Crippen LogP contribution < -0.4 is 0 Å². The highest BCUT2D eigenvalue weighted by Crippen LogP contribution is 2.15. The Hall–Kier alpha value is -1.16. The molecule has 0 aliphatic heterocycles. The van der Waals surface area contributed by atoms with Gasteiger partial charge in [-0.1, -0.05) is 12.1 Å². The number of methoxy groups -OCH3 is 1. The summed E-state index contributed by atoms with van der Waals surface area (Å²) in [7, 11) is 1.18. The summed E-state index contributed by atoms with van der Waals surface area (Å²) in [5.41, 5.74) is 0.0559. The monoisotopic (exact) mass is 234 g/mol. The number of hydrogen-bond donors (Lipinski definition) is 0. The van der Waals surface area contributed by atoms with Crippen molar-refractivity contribution in [3.05, 3.63) is 35.4 Å². The number of carbonyl (C=O) groups excluding carboxylic acids is 1. The van der Waals surface area contributed by atoms with Crippen LogP contribution in [0.3, 0.4) is 0 Å². The molecule has 0 saturated heterocycles. The predicted molar refractivity (Wildman–Crippen MR) is 51.7 cm³/mol. The molecular weight excluding hydrogens is 226 g/mol. The molecule has 0 aromatic heterocycles. The minimum absolute atomic E-state index is 0.0559. The Bertz CT molecular complexity index is 368. The van der Waals surface area contributed by atoms with Gasteiger partial charge in [-0.25, -0.2) is 8.78 Å². The number of halogens is 3. The number of benzene rings is 1. The van der Waals surface area contributed by atoms with Gasteiger partial charge < -0.3 is 4.74 Å². The molecule has 1 atom stereocenters. The fourth-order valence-electron chi connectivity index (χ4n) is 1.11. The van der Waals surface area contributed by atoms with Gasteiger partial charge in [0.25, 0.3) is 0 Å². The van der Waals surface area contributed by atoms with Crippen molar-refractivity contribution >= 4 is 17.6 Å². The molecule has 0 fully saturated rings. The summed E-state index contributed by atoms with van der Waals surface area (Å²) in [6.07, 6.45) is -0.0994. The average molecular weight is 235 g/mol. The van der Waals surface area contributed by atoms with Crippen LogP contribution >= 0.6 is 11.6 Å². The van der Waals surface area contributed by atoms with Gasteiger partial charge in [-0.15, -0.1) is 11.6 Å². The Labute approximate surface area is 90.8 Å². The second-order valence-corrected chi connectivity index (χ2v) is 3.43. The van der Waals surface area contributed by atoms with Crippen molar-refractivity contribution in [3.63, 3.8) is 0 Å². The highest BCUT2D eigenvalue weighted by molar-refractivity contribution is 6.30. The molecule has 1 unspecified atom stereocenters. The lowest BCUT2D eigenvalue weighted by Crippen LogP contribution is -2.19. The highest BCUT2D eigenvalue weighted by atomic mass is 35.5. The van der Waals surface area contributed by atoms with Crippen LogP contribution in [0.5, 0.6) is 0 Å². The van der Waals surface area contributed by atoms with Crippen molar-refractivity contribution in [1.82, 2.24) is 0 Å². The molecule has 0 N–H and O–H groups in total. The van der Waals surface area contributed by atoms with Crippen LogP contribution in [0.2, 0.25) is 0 Å². The summed E-state index contributed by atoms with van der Waals surface area (Å²) in [6, 6.07) is 3.73. The maximum atomic E-state index is 13.1. The zero-order valence-electron chi connectivity index (χ0n) is 7.97. The summed E-state index contributed by atoms with van der Waals surface area (Å²) in [5, 5.41) is -1.01. The van der Waals surface area contributed by atoms with Gasteiger partial charge >= 0.3 is 5.97 Å². The molecule has 1 aromatic rings. The minimum Gasteiger partial charge on any atom is -0.468 e. The molecule has 0 radical (unpaired) electrons. The molecule has 0 bridgehead atoms. The highest BCUT2D eigenvalue weighted by Gasteiger charge is 2.19. The lowest BCUT2D eigenvalue weighted by Gasteiger charge is -2.08. The molecule has 0 aliphatic rings. The number of hydrogen-bond acceptors (Lipinski definition) is 2. The second-order valence-electron chi connectivity index (χ2n) is 2.91. The van der Waals surface area contributed by atoms with E-state index in [4.69, 9.17) is 11.6 Å². The lowest BCUT2D eigenvalue weighted by molar-refractivity contribution is -0.140. The van der Waals surface area contributed by atoms with Gasteiger partial charge in [-0.2, -0.15) is 0 Å². The minimum atomic E-state index is -1.01. The lowest BCUT2D eigenvalue weighted by atomic mass is 10.1. The van der Waals surface area contributed by atoms with Crippen LogP contribution in [-0.2, 0) is 16.0 Å². The zero-order valence-corrected chi connectivity index (χ0v) is 8.72. The third kappa shape index (κ3) is 2.89. The first kappa shape index (κ1) is 11.9. The maximum Gasteiger partial charge on any atom is 0.324 e. The molecule has 82 valence electrons. The molecule has 1 aromatic carbocycles. The molecule has 0 heterocycles. The topological polar surface area (TPSA) is 26.3 Å². The summed E-state index contributed by atoms with van der Waals surface area (Å²) in [4.78, 5) is 10.9. The number of alkyl halides is 1. The van der Waals surface area contributed by atoms with Crippen LogP contribution in [0.15, 0.2) is 18.2 Å². The number of esters is 1. The normalized spacial score (nSPS) is 12.3. The van der Waals surface area contributed by atoms with E-state index in [-0.39, 0.29) is 12.0 Å². The van der Waals surface area contributed by atoms with Crippen LogP contribution in [-0.4, -0.2) is 18.5 Å². The smallest absolute Gasteiger partial charge is 0.324 e. The van der Waals surface area contributed by atoms with Crippen molar-refractivity contribution in [2.24, 2.45) is 0 Å². The zero-order chi connectivity index (χ0) is 11.4. The molecule has 15 heavy (non-hydrogen) atoms. The fraction of sp³-hybridized carbons (Fsp3) is 0.300. The van der Waals surface area contributed by atoms with Gasteiger partial charge in [0.05, 0.1) is 7.11 Å². The van der Waals surface area contributed by atoms with E-state index in [1.807, 2.05) is 0 Å². The van der Waals surface area contributed by atoms with E-state index in [0.717, 1.165) is 6.07 Å². The first-order valence-electron chi connectivity index (χ1n) is 4.21. The number of rotatable bonds is 3. The van der Waals surface area contributed by atoms with Crippen LogP contribution in [0.4, 0.5) is 8.78 Å². The molecule has 0 aliphatic carbocycles. The average Bonchev–Trinajstić information content (AvgIpc) is 2.23. The first-order valence-corrected chi connectivity index (χ1v) is 4.64. The van der Waals surface area contributed by atoms with Gasteiger partial charge in [0.15, 0.2) is 11.6 Å². The van der Waals surface area contributed by atoms with Crippen molar-refractivity contribution < 1.29 is 18.3 Å². The van der Waals surface area contributed by atoms with E-state index >= 15 is 0 Å². The number of carbonyl (C=O) groups is 1. The van der Waals surface area contributed by atoms with E-state index in [0.29, 0.717) is 0 Å². The Morgan fingerprint density at radius 2 is 2.20 bits per heavy atom. The van der Waals surface area contributed by atoms with E-state index in [1.165, 1.54) is 19.2 Å². The van der Waals surface area contributed by atoms with Crippen molar-refractivity contribution in [2.75, 3.05) is 7.11 Å². The molecule has 5 heteroatoms. The van der Waals surface area contributed by atoms with Gasteiger partial charge in [-0.3, -0.25) is 4.79 Å². The molecule has 2 nitrogen and oxygen atoms in total. The van der Waals surface area contributed by atoms with Gasteiger partial charge in [-0.05, 0) is 11.6 Å². The maximum absolute atomic E-state index is 13.1. The second kappa shape index (κ2) is 5.07. The Morgan fingerprint density at radius 3 is 2.80 bits per heavy atom. The van der Waals surface area contributed by atoms with Gasteiger partial charge in [0.2, 0.25) is 0 Å². The van der Waals surface area contributed by atoms with Crippen molar-refractivity contribution in [2.45, 2.75) is 11.8 Å². The fourth-order valence-corrected chi connectivity index (χ4v) is 1.37. The summed E-state index contributed by atoms with van der Waals surface area (Å²) >= 11 is 5.63. The number of ether oxygens (including phenoxy) is 1. The predicted octanol–water partition coefficient (Wildman–Crippen LogP) is 2.29. The SMILES string of the molecule is COC(=O)C(Cl)Cc1cccc(F)c1F. The summed E-state index contributed by atoms with van der Waals surface area (Å²) in [6.45, 7) is 0. The first-order chi connectivity index (χ1) is 7.06. The van der Waals surface area contributed by atoms with E-state index in [1.54, 1.807) is 0 Å². The van der Waals surface area contributed by atoms with Gasteiger partial charge in [0, 0.05) is 6.42 Å². The molecule has 0 spiro atoms. The Balaban J connectivity index is 2.81. The molecule has 0 saturated carbocycles. The standard InChI is InChI=1S/C10H9ClF2O2/c1-15-10(14)7(11)5-6-3-2-4-8(12)9(6)13/h2-4,7H,5H2,1H3. The van der Waals surface area contributed by atoms with E-state index < -0.39 is 23.0 Å². The van der Waals surface area contributed by atoms with Gasteiger partial charge in [0.1, 0.15) is 5.38 Å². The van der Waals surface area contributed by atoms with E-state index in [2.05, 4.69) is 4.74 Å². The largest absolute Gasteiger partial charge is 0.468 e. The third-order valence-corrected chi connectivity index (χ3v) is 2.22. The Morgan fingerprint density at radius 1 is 1.53 bits per heavy atom. The quantitative estimate of drug-likeness (QED) is 0.593. The van der Waals surface area contributed by atoms with Crippen molar-refractivity contribution in [1.29, 1.82) is 0 Å².